The molecule has 1 unspecified atom stereocenters. The average molecular weight is 325 g/mol. The fourth-order valence-corrected chi connectivity index (χ4v) is 2.07. The van der Waals surface area contributed by atoms with Crippen molar-refractivity contribution in [2.75, 3.05) is 0 Å². The molecule has 0 saturated carbocycles. The van der Waals surface area contributed by atoms with Crippen LogP contribution in [-0.4, -0.2) is 11.1 Å². The van der Waals surface area contributed by atoms with Crippen molar-refractivity contribution in [1.29, 1.82) is 0 Å². The second kappa shape index (κ2) is 5.84. The highest BCUT2D eigenvalue weighted by Gasteiger charge is 2.21. The molecule has 3 nitrogen and oxygen atoms in total. The van der Waals surface area contributed by atoms with Crippen molar-refractivity contribution in [1.82, 2.24) is 0 Å². The van der Waals surface area contributed by atoms with Gasteiger partial charge in [-0.1, -0.05) is 46.3 Å². The van der Waals surface area contributed by atoms with E-state index in [1.165, 1.54) is 12.1 Å². The lowest BCUT2D eigenvalue weighted by atomic mass is 10.1. The summed E-state index contributed by atoms with van der Waals surface area (Å²) in [5.41, 5.74) is 0.496. The Morgan fingerprint density at radius 3 is 2.47 bits per heavy atom. The molecule has 0 radical (unpaired) electrons. The van der Waals surface area contributed by atoms with E-state index in [1.807, 2.05) is 0 Å². The lowest BCUT2D eigenvalue weighted by molar-refractivity contribution is -0.145. The Morgan fingerprint density at radius 2 is 1.89 bits per heavy atom. The molecule has 0 bridgehead atoms. The summed E-state index contributed by atoms with van der Waals surface area (Å²) in [5.74, 6) is -1.48. The number of hydrogen-bond acceptors (Lipinski definition) is 2. The minimum Gasteiger partial charge on any atom is -0.478 e. The van der Waals surface area contributed by atoms with Crippen LogP contribution in [0.5, 0.6) is 5.75 Å². The average Bonchev–Trinajstić information content (AvgIpc) is 2.35. The number of halogens is 2. The van der Waals surface area contributed by atoms with Gasteiger partial charge in [-0.2, -0.15) is 0 Å². The molecule has 98 valence electrons. The Labute approximate surface area is 117 Å². The van der Waals surface area contributed by atoms with E-state index in [0.29, 0.717) is 10.0 Å². The van der Waals surface area contributed by atoms with Gasteiger partial charge in [0.05, 0.1) is 0 Å². The van der Waals surface area contributed by atoms with Gasteiger partial charge < -0.3 is 9.84 Å². The van der Waals surface area contributed by atoms with E-state index in [-0.39, 0.29) is 5.75 Å². The fraction of sp³-hybridized carbons (Fsp3) is 0.0714. The summed E-state index contributed by atoms with van der Waals surface area (Å²) >= 11 is 3.13. The molecule has 0 aromatic heterocycles. The highest BCUT2D eigenvalue weighted by atomic mass is 79.9. The molecule has 19 heavy (non-hydrogen) atoms. The monoisotopic (exact) mass is 324 g/mol. The van der Waals surface area contributed by atoms with E-state index in [0.717, 1.165) is 6.07 Å². The van der Waals surface area contributed by atoms with Crippen LogP contribution in [0.4, 0.5) is 4.39 Å². The normalized spacial score (nSPS) is 11.9. The number of carboxylic acid groups (broad SMARTS) is 1. The molecule has 0 aliphatic rings. The zero-order chi connectivity index (χ0) is 13.8. The number of rotatable bonds is 4. The van der Waals surface area contributed by atoms with E-state index in [2.05, 4.69) is 15.9 Å². The molecule has 0 spiro atoms. The molecular weight excluding hydrogens is 315 g/mol. The summed E-state index contributed by atoms with van der Waals surface area (Å²) < 4.78 is 19.1. The molecule has 1 N–H and O–H groups in total. The van der Waals surface area contributed by atoms with Crippen molar-refractivity contribution in [3.8, 4) is 5.75 Å². The predicted octanol–water partition coefficient (Wildman–Crippen LogP) is 3.79. The van der Waals surface area contributed by atoms with Crippen LogP contribution < -0.4 is 4.74 Å². The van der Waals surface area contributed by atoms with Crippen molar-refractivity contribution >= 4 is 21.9 Å². The third-order valence-corrected chi connectivity index (χ3v) is 2.87. The minimum atomic E-state index is -1.17. The maximum atomic E-state index is 13.2. The standard InChI is InChI=1S/C14H10BrFO3/c15-10-6-11(16)8-12(7-10)19-13(14(17)18)9-4-2-1-3-5-9/h1-8,13H,(H,17,18). The molecule has 5 heteroatoms. The SMILES string of the molecule is O=C(O)C(Oc1cc(F)cc(Br)c1)c1ccccc1. The van der Waals surface area contributed by atoms with Gasteiger partial charge in [0, 0.05) is 16.1 Å². The number of carboxylic acids is 1. The van der Waals surface area contributed by atoms with Crippen LogP contribution in [0.3, 0.4) is 0 Å². The molecule has 0 aliphatic carbocycles. The predicted molar refractivity (Wildman–Crippen MR) is 71.5 cm³/mol. The molecule has 2 rings (SSSR count). The van der Waals surface area contributed by atoms with E-state index < -0.39 is 17.9 Å². The van der Waals surface area contributed by atoms with Gasteiger partial charge in [-0.3, -0.25) is 0 Å². The third-order valence-electron chi connectivity index (χ3n) is 2.42. The number of ether oxygens (including phenoxy) is 1. The Bertz CT molecular complexity index is 566. The van der Waals surface area contributed by atoms with Gasteiger partial charge in [0.2, 0.25) is 6.10 Å². The molecule has 2 aromatic carbocycles. The Kier molecular flexibility index (Phi) is 4.16. The van der Waals surface area contributed by atoms with Crippen LogP contribution >= 0.6 is 15.9 Å². The quantitative estimate of drug-likeness (QED) is 0.930. The molecule has 0 aliphatic heterocycles. The van der Waals surface area contributed by atoms with Crippen molar-refractivity contribution in [3.63, 3.8) is 0 Å². The first-order valence-corrected chi connectivity index (χ1v) is 6.26. The van der Waals surface area contributed by atoms with E-state index in [9.17, 15) is 14.3 Å². The van der Waals surface area contributed by atoms with Gasteiger partial charge in [0.25, 0.3) is 0 Å². The first-order chi connectivity index (χ1) is 9.06. The van der Waals surface area contributed by atoms with Crippen LogP contribution in [0.1, 0.15) is 11.7 Å². The molecular formula is C14H10BrFO3. The van der Waals surface area contributed by atoms with Crippen molar-refractivity contribution in [2.45, 2.75) is 6.10 Å². The summed E-state index contributed by atoms with van der Waals surface area (Å²) in [6.45, 7) is 0. The van der Waals surface area contributed by atoms with Crippen LogP contribution in [0.25, 0.3) is 0 Å². The van der Waals surface area contributed by atoms with Crippen molar-refractivity contribution < 1.29 is 19.0 Å². The topological polar surface area (TPSA) is 46.5 Å². The Balaban J connectivity index is 2.29. The zero-order valence-electron chi connectivity index (χ0n) is 9.72. The number of carbonyl (C=O) groups is 1. The highest BCUT2D eigenvalue weighted by Crippen LogP contribution is 2.26. The number of aliphatic carboxylic acids is 1. The number of benzene rings is 2. The summed E-state index contributed by atoms with van der Waals surface area (Å²) in [7, 11) is 0. The Hall–Kier alpha value is -1.88. The minimum absolute atomic E-state index is 0.156. The molecule has 0 fully saturated rings. The molecule has 0 saturated heterocycles. The largest absolute Gasteiger partial charge is 0.478 e. The highest BCUT2D eigenvalue weighted by molar-refractivity contribution is 9.10. The molecule has 0 amide bonds. The van der Waals surface area contributed by atoms with Gasteiger partial charge in [-0.25, -0.2) is 9.18 Å². The Morgan fingerprint density at radius 1 is 1.21 bits per heavy atom. The van der Waals surface area contributed by atoms with Gasteiger partial charge >= 0.3 is 5.97 Å². The van der Waals surface area contributed by atoms with Crippen molar-refractivity contribution in [3.05, 3.63) is 64.4 Å². The van der Waals surface area contributed by atoms with Crippen molar-refractivity contribution in [2.24, 2.45) is 0 Å². The summed E-state index contributed by atoms with van der Waals surface area (Å²) in [6, 6.07) is 12.4. The van der Waals surface area contributed by atoms with Crippen LogP contribution in [0, 0.1) is 5.82 Å². The van der Waals surface area contributed by atoms with Gasteiger partial charge in [0.15, 0.2) is 0 Å². The molecule has 2 aromatic rings. The zero-order valence-corrected chi connectivity index (χ0v) is 11.3. The van der Waals surface area contributed by atoms with Gasteiger partial charge in [0.1, 0.15) is 11.6 Å². The first-order valence-electron chi connectivity index (χ1n) is 5.47. The first kappa shape index (κ1) is 13.5. The molecule has 0 heterocycles. The third kappa shape index (κ3) is 3.54. The second-order valence-electron chi connectivity index (χ2n) is 3.85. The summed E-state index contributed by atoms with van der Waals surface area (Å²) in [4.78, 5) is 11.2. The summed E-state index contributed by atoms with van der Waals surface area (Å²) in [6.07, 6.45) is -1.17. The van der Waals surface area contributed by atoms with E-state index in [1.54, 1.807) is 30.3 Å². The van der Waals surface area contributed by atoms with Crippen LogP contribution in [-0.2, 0) is 4.79 Å². The van der Waals surface area contributed by atoms with Crippen LogP contribution in [0.2, 0.25) is 0 Å². The maximum Gasteiger partial charge on any atom is 0.349 e. The van der Waals surface area contributed by atoms with Gasteiger partial charge in [-0.15, -0.1) is 0 Å². The van der Waals surface area contributed by atoms with Gasteiger partial charge in [-0.05, 0) is 12.1 Å². The van der Waals surface area contributed by atoms with Crippen LogP contribution in [0.15, 0.2) is 53.0 Å². The smallest absolute Gasteiger partial charge is 0.349 e. The second-order valence-corrected chi connectivity index (χ2v) is 4.77. The maximum absolute atomic E-state index is 13.2. The fourth-order valence-electron chi connectivity index (χ4n) is 1.62. The summed E-state index contributed by atoms with van der Waals surface area (Å²) in [5, 5.41) is 9.20. The number of hydrogen-bond donors (Lipinski definition) is 1. The van der Waals surface area contributed by atoms with E-state index in [4.69, 9.17) is 4.74 Å². The lowest BCUT2D eigenvalue weighted by Gasteiger charge is -2.15. The molecule has 1 atom stereocenters. The van der Waals surface area contributed by atoms with E-state index >= 15 is 0 Å². The lowest BCUT2D eigenvalue weighted by Crippen LogP contribution is -2.18.